The number of hydrogen-bond donors (Lipinski definition) is 0. The normalized spacial score (nSPS) is 14.3. The molecule has 3 rings (SSSR count). The highest BCUT2D eigenvalue weighted by Crippen LogP contribution is 2.40. The third-order valence-electron chi connectivity index (χ3n) is 4.63. The smallest absolute Gasteiger partial charge is 0.316 e. The number of thioether (sulfide) groups is 1. The Kier molecular flexibility index (Phi) is 6.60. The number of esters is 1. The van der Waals surface area contributed by atoms with Gasteiger partial charge in [0, 0.05) is 5.92 Å². The van der Waals surface area contributed by atoms with Crippen molar-refractivity contribution in [3.05, 3.63) is 24.0 Å². The zero-order valence-corrected chi connectivity index (χ0v) is 16.8. The van der Waals surface area contributed by atoms with E-state index in [-0.39, 0.29) is 11.7 Å². The monoisotopic (exact) mass is 391 g/mol. The molecule has 1 aliphatic carbocycles. The minimum absolute atomic E-state index is 0.175. The van der Waals surface area contributed by atoms with Crippen LogP contribution in [0.2, 0.25) is 0 Å². The zero-order chi connectivity index (χ0) is 19.2. The zero-order valence-electron chi connectivity index (χ0n) is 15.9. The van der Waals surface area contributed by atoms with E-state index in [9.17, 15) is 4.79 Å². The van der Waals surface area contributed by atoms with E-state index in [1.54, 1.807) is 21.1 Å². The summed E-state index contributed by atoms with van der Waals surface area (Å²) in [6.07, 6.45) is 4.54. The molecule has 1 fully saturated rings. The van der Waals surface area contributed by atoms with Gasteiger partial charge in [0.1, 0.15) is 23.0 Å². The molecule has 1 aromatic heterocycles. The Morgan fingerprint density at radius 1 is 1.19 bits per heavy atom. The lowest BCUT2D eigenvalue weighted by Gasteiger charge is -2.18. The molecule has 0 aliphatic heterocycles. The van der Waals surface area contributed by atoms with E-state index in [2.05, 4.69) is 10.2 Å². The van der Waals surface area contributed by atoms with E-state index in [0.717, 1.165) is 24.4 Å². The highest BCUT2D eigenvalue weighted by atomic mass is 32.2. The molecule has 0 bridgehead atoms. The van der Waals surface area contributed by atoms with E-state index in [0.29, 0.717) is 29.2 Å². The van der Waals surface area contributed by atoms with Gasteiger partial charge in [-0.05, 0) is 31.9 Å². The Balaban J connectivity index is 2.06. The summed E-state index contributed by atoms with van der Waals surface area (Å²) in [5.74, 6) is 2.48. The molecule has 8 heteroatoms. The van der Waals surface area contributed by atoms with E-state index < -0.39 is 0 Å². The molecule has 1 aromatic carbocycles. The Bertz CT molecular complexity index is 765. The van der Waals surface area contributed by atoms with Crippen molar-refractivity contribution in [2.75, 3.05) is 26.6 Å². The number of carbonyl (C=O) groups is 1. The molecule has 1 heterocycles. The Hall–Kier alpha value is -2.22. The van der Waals surface area contributed by atoms with Crippen LogP contribution in [0.4, 0.5) is 0 Å². The number of benzene rings is 1. The molecule has 1 saturated carbocycles. The van der Waals surface area contributed by atoms with E-state index >= 15 is 0 Å². The van der Waals surface area contributed by atoms with Crippen molar-refractivity contribution in [1.29, 1.82) is 0 Å². The van der Waals surface area contributed by atoms with E-state index in [1.807, 2.05) is 22.8 Å². The van der Waals surface area contributed by atoms with E-state index in [1.165, 1.54) is 24.6 Å². The lowest BCUT2D eigenvalue weighted by molar-refractivity contribution is -0.139. The third kappa shape index (κ3) is 4.21. The summed E-state index contributed by atoms with van der Waals surface area (Å²) in [6, 6.07) is 5.65. The molecule has 1 aliphatic rings. The topological polar surface area (TPSA) is 75.5 Å². The molecule has 0 atom stereocenters. The number of ether oxygens (including phenoxy) is 3. The average Bonchev–Trinajstić information content (AvgIpc) is 3.35. The highest BCUT2D eigenvalue weighted by molar-refractivity contribution is 7.99. The van der Waals surface area contributed by atoms with Crippen LogP contribution in [0.1, 0.15) is 44.3 Å². The number of rotatable bonds is 8. The summed E-state index contributed by atoms with van der Waals surface area (Å²) in [5, 5.41) is 9.49. The van der Waals surface area contributed by atoms with Crippen molar-refractivity contribution in [3.63, 3.8) is 0 Å². The first-order valence-corrected chi connectivity index (χ1v) is 10.1. The van der Waals surface area contributed by atoms with Gasteiger partial charge < -0.3 is 14.2 Å². The first kappa shape index (κ1) is 19.5. The minimum atomic E-state index is -0.272. The van der Waals surface area contributed by atoms with Crippen molar-refractivity contribution >= 4 is 17.7 Å². The van der Waals surface area contributed by atoms with Gasteiger partial charge in [0.25, 0.3) is 0 Å². The standard InChI is InChI=1S/C19H25N3O4S/c1-4-26-16(23)12-27-19-21-20-18(13-8-5-6-9-13)22(19)17-14(24-2)10-7-11-15(17)25-3/h7,10-11,13H,4-6,8-9,12H2,1-3H3. The SMILES string of the molecule is CCOC(=O)CSc1nnc(C2CCCC2)n1-c1c(OC)cccc1OC. The van der Waals surface area contributed by atoms with Crippen molar-refractivity contribution in [1.82, 2.24) is 14.8 Å². The van der Waals surface area contributed by atoms with Gasteiger partial charge in [-0.25, -0.2) is 0 Å². The fraction of sp³-hybridized carbons (Fsp3) is 0.526. The molecule has 0 radical (unpaired) electrons. The van der Waals surface area contributed by atoms with Crippen molar-refractivity contribution in [2.24, 2.45) is 0 Å². The van der Waals surface area contributed by atoms with Crippen molar-refractivity contribution in [3.8, 4) is 17.2 Å². The largest absolute Gasteiger partial charge is 0.494 e. The van der Waals surface area contributed by atoms with Crippen molar-refractivity contribution < 1.29 is 19.0 Å². The maximum absolute atomic E-state index is 11.8. The summed E-state index contributed by atoms with van der Waals surface area (Å²) >= 11 is 1.31. The molecule has 27 heavy (non-hydrogen) atoms. The quantitative estimate of drug-likeness (QED) is 0.503. The molecule has 0 N–H and O–H groups in total. The number of carbonyl (C=O) groups excluding carboxylic acids is 1. The first-order valence-electron chi connectivity index (χ1n) is 9.14. The number of nitrogens with zero attached hydrogens (tertiary/aromatic N) is 3. The molecule has 0 saturated heterocycles. The summed E-state index contributed by atoms with van der Waals surface area (Å²) in [6.45, 7) is 2.16. The van der Waals surface area contributed by atoms with Gasteiger partial charge in [-0.15, -0.1) is 10.2 Å². The molecular weight excluding hydrogens is 366 g/mol. The maximum atomic E-state index is 11.8. The van der Waals surface area contributed by atoms with Crippen LogP contribution in [0.3, 0.4) is 0 Å². The van der Waals surface area contributed by atoms with Crippen LogP contribution in [0.5, 0.6) is 11.5 Å². The summed E-state index contributed by atoms with van der Waals surface area (Å²) in [5.41, 5.74) is 0.765. The molecule has 0 unspecified atom stereocenters. The molecule has 0 spiro atoms. The summed E-state index contributed by atoms with van der Waals surface area (Å²) in [7, 11) is 3.26. The van der Waals surface area contributed by atoms with Gasteiger partial charge in [-0.1, -0.05) is 30.7 Å². The van der Waals surface area contributed by atoms with Crippen LogP contribution >= 0.6 is 11.8 Å². The minimum Gasteiger partial charge on any atom is -0.494 e. The predicted molar refractivity (Wildman–Crippen MR) is 103 cm³/mol. The molecular formula is C19H25N3O4S. The van der Waals surface area contributed by atoms with Gasteiger partial charge >= 0.3 is 5.97 Å². The number of methoxy groups -OCH3 is 2. The Morgan fingerprint density at radius 2 is 1.85 bits per heavy atom. The van der Waals surface area contributed by atoms with Crippen LogP contribution < -0.4 is 9.47 Å². The van der Waals surface area contributed by atoms with Crippen molar-refractivity contribution in [2.45, 2.75) is 43.7 Å². The van der Waals surface area contributed by atoms with Crippen LogP contribution in [0.25, 0.3) is 5.69 Å². The van der Waals surface area contributed by atoms with E-state index in [4.69, 9.17) is 14.2 Å². The Morgan fingerprint density at radius 3 is 2.44 bits per heavy atom. The van der Waals surface area contributed by atoms with Crippen LogP contribution in [-0.4, -0.2) is 47.3 Å². The van der Waals surface area contributed by atoms with Crippen LogP contribution in [-0.2, 0) is 9.53 Å². The fourth-order valence-electron chi connectivity index (χ4n) is 3.41. The highest BCUT2D eigenvalue weighted by Gasteiger charge is 2.28. The lowest BCUT2D eigenvalue weighted by atomic mass is 10.1. The number of hydrogen-bond acceptors (Lipinski definition) is 7. The summed E-state index contributed by atoms with van der Waals surface area (Å²) in [4.78, 5) is 11.8. The molecule has 146 valence electrons. The number of aromatic nitrogens is 3. The second-order valence-corrected chi connectivity index (χ2v) is 7.20. The van der Waals surface area contributed by atoms with Gasteiger partial charge in [-0.3, -0.25) is 9.36 Å². The van der Waals surface area contributed by atoms with Gasteiger partial charge in [0.15, 0.2) is 5.16 Å². The Labute approximate surface area is 163 Å². The van der Waals surface area contributed by atoms with Gasteiger partial charge in [0.2, 0.25) is 0 Å². The summed E-state index contributed by atoms with van der Waals surface area (Å²) < 4.78 is 18.2. The molecule has 2 aromatic rings. The second kappa shape index (κ2) is 9.12. The average molecular weight is 391 g/mol. The predicted octanol–water partition coefficient (Wildman–Crippen LogP) is 3.60. The third-order valence-corrected chi connectivity index (χ3v) is 5.53. The van der Waals surface area contributed by atoms with Gasteiger partial charge in [0.05, 0.1) is 26.6 Å². The fourth-order valence-corrected chi connectivity index (χ4v) is 4.15. The van der Waals surface area contributed by atoms with Gasteiger partial charge in [-0.2, -0.15) is 0 Å². The van der Waals surface area contributed by atoms with Crippen LogP contribution in [0, 0.1) is 0 Å². The van der Waals surface area contributed by atoms with Crippen LogP contribution in [0.15, 0.2) is 23.4 Å². The lowest BCUT2D eigenvalue weighted by Crippen LogP contribution is -2.11. The molecule has 0 amide bonds. The molecule has 7 nitrogen and oxygen atoms in total. The number of para-hydroxylation sites is 1. The maximum Gasteiger partial charge on any atom is 0.316 e. The second-order valence-electron chi connectivity index (χ2n) is 6.26. The first-order chi connectivity index (χ1) is 13.2.